The van der Waals surface area contributed by atoms with Gasteiger partial charge in [0.15, 0.2) is 0 Å². The topological polar surface area (TPSA) is 25.8 Å². The lowest BCUT2D eigenvalue weighted by atomic mass is 9.89. The molecule has 3 rings (SSSR count). The van der Waals surface area contributed by atoms with Crippen LogP contribution in [0.3, 0.4) is 0 Å². The van der Waals surface area contributed by atoms with Crippen molar-refractivity contribution in [3.8, 4) is 11.3 Å². The van der Waals surface area contributed by atoms with Crippen LogP contribution in [-0.4, -0.2) is 9.97 Å². The van der Waals surface area contributed by atoms with Gasteiger partial charge in [0.25, 0.3) is 0 Å². The predicted molar refractivity (Wildman–Crippen MR) is 96.5 cm³/mol. The lowest BCUT2D eigenvalue weighted by Crippen LogP contribution is -2.01. The maximum absolute atomic E-state index is 4.45. The summed E-state index contributed by atoms with van der Waals surface area (Å²) in [7, 11) is 0. The fourth-order valence-corrected chi connectivity index (χ4v) is 3.92. The van der Waals surface area contributed by atoms with Gasteiger partial charge < -0.3 is 0 Å². The molecule has 0 amide bonds. The molecular weight excluding hydrogens is 280 g/mol. The average molecular weight is 308 g/mol. The minimum Gasteiger partial charge on any atom is -0.241 e. The second-order valence-electron chi connectivity index (χ2n) is 7.43. The second-order valence-corrected chi connectivity index (χ2v) is 7.43. The highest BCUT2D eigenvalue weighted by Crippen LogP contribution is 2.44. The van der Waals surface area contributed by atoms with Gasteiger partial charge in [-0.2, -0.15) is 0 Å². The van der Waals surface area contributed by atoms with Crippen LogP contribution in [0.25, 0.3) is 11.3 Å². The van der Waals surface area contributed by atoms with Crippen LogP contribution in [-0.2, 0) is 0 Å². The van der Waals surface area contributed by atoms with E-state index in [2.05, 4.69) is 68.0 Å². The third-order valence-electron chi connectivity index (χ3n) is 5.47. The lowest BCUT2D eigenvalue weighted by molar-refractivity contribution is 0.499. The van der Waals surface area contributed by atoms with Crippen LogP contribution in [0.5, 0.6) is 0 Å². The summed E-state index contributed by atoms with van der Waals surface area (Å²) in [6.45, 7) is 9.07. The van der Waals surface area contributed by atoms with Gasteiger partial charge in [-0.05, 0) is 48.1 Å². The van der Waals surface area contributed by atoms with E-state index in [-0.39, 0.29) is 0 Å². The maximum Gasteiger partial charge on any atom is 0.116 e. The van der Waals surface area contributed by atoms with Crippen LogP contribution in [0.1, 0.15) is 70.1 Å². The third-order valence-corrected chi connectivity index (χ3v) is 5.47. The summed E-state index contributed by atoms with van der Waals surface area (Å²) in [5, 5.41) is 0. The van der Waals surface area contributed by atoms with Crippen molar-refractivity contribution < 1.29 is 0 Å². The number of nitrogens with zero attached hydrogens (tertiary/aromatic N) is 2. The van der Waals surface area contributed by atoms with E-state index in [1.54, 1.807) is 6.33 Å². The molecule has 2 aromatic rings. The summed E-state index contributed by atoms with van der Waals surface area (Å²) in [5.41, 5.74) is 4.82. The molecule has 1 heterocycles. The summed E-state index contributed by atoms with van der Waals surface area (Å²) in [6.07, 6.45) is 5.73. The van der Waals surface area contributed by atoms with Crippen LogP contribution in [0, 0.1) is 11.8 Å². The minimum absolute atomic E-state index is 0.432. The predicted octanol–water partition coefficient (Wildman–Crippen LogP) is 5.81. The summed E-state index contributed by atoms with van der Waals surface area (Å²) < 4.78 is 0. The molecule has 2 heteroatoms. The molecule has 0 radical (unpaired) electrons. The molecule has 23 heavy (non-hydrogen) atoms. The van der Waals surface area contributed by atoms with Crippen LogP contribution in [0.4, 0.5) is 0 Å². The molecule has 1 aromatic heterocycles. The quantitative estimate of drug-likeness (QED) is 0.712. The third kappa shape index (κ3) is 3.46. The van der Waals surface area contributed by atoms with E-state index in [4.69, 9.17) is 0 Å². The van der Waals surface area contributed by atoms with Gasteiger partial charge >= 0.3 is 0 Å². The zero-order chi connectivity index (χ0) is 16.4. The Bertz CT molecular complexity index is 645. The van der Waals surface area contributed by atoms with E-state index in [0.717, 1.165) is 29.1 Å². The Hall–Kier alpha value is -1.70. The van der Waals surface area contributed by atoms with Crippen molar-refractivity contribution in [3.05, 3.63) is 47.9 Å². The van der Waals surface area contributed by atoms with Gasteiger partial charge in [-0.3, -0.25) is 0 Å². The molecule has 1 aliphatic carbocycles. The highest BCUT2D eigenvalue weighted by atomic mass is 14.8. The molecule has 0 N–H and O–H groups in total. The number of hydrogen-bond acceptors (Lipinski definition) is 2. The van der Waals surface area contributed by atoms with Crippen molar-refractivity contribution in [1.29, 1.82) is 0 Å². The lowest BCUT2D eigenvalue weighted by Gasteiger charge is -2.16. The Labute approximate surface area is 140 Å². The first kappa shape index (κ1) is 16.2. The van der Waals surface area contributed by atoms with Crippen molar-refractivity contribution in [1.82, 2.24) is 9.97 Å². The molecule has 1 saturated carbocycles. The van der Waals surface area contributed by atoms with Crippen LogP contribution in [0.2, 0.25) is 0 Å². The first-order valence-corrected chi connectivity index (χ1v) is 9.00. The first-order chi connectivity index (χ1) is 11.1. The Morgan fingerprint density at radius 2 is 1.83 bits per heavy atom. The normalized spacial score (nSPS) is 24.3. The molecule has 0 spiro atoms. The Balaban J connectivity index is 1.81. The maximum atomic E-state index is 4.45. The van der Waals surface area contributed by atoms with Crippen LogP contribution >= 0.6 is 0 Å². The van der Waals surface area contributed by atoms with E-state index in [0.29, 0.717) is 5.92 Å². The van der Waals surface area contributed by atoms with Crippen molar-refractivity contribution in [2.45, 2.75) is 58.8 Å². The van der Waals surface area contributed by atoms with Gasteiger partial charge in [0.2, 0.25) is 0 Å². The van der Waals surface area contributed by atoms with E-state index in [1.807, 2.05) is 0 Å². The van der Waals surface area contributed by atoms with Gasteiger partial charge in [-0.15, -0.1) is 0 Å². The van der Waals surface area contributed by atoms with Crippen LogP contribution in [0.15, 0.2) is 36.7 Å². The zero-order valence-corrected chi connectivity index (χ0v) is 14.8. The molecule has 1 fully saturated rings. The highest BCUT2D eigenvalue weighted by molar-refractivity contribution is 5.59. The van der Waals surface area contributed by atoms with Gasteiger partial charge in [-0.25, -0.2) is 9.97 Å². The van der Waals surface area contributed by atoms with E-state index in [9.17, 15) is 0 Å². The monoisotopic (exact) mass is 308 g/mol. The van der Waals surface area contributed by atoms with Gasteiger partial charge in [0.1, 0.15) is 6.33 Å². The minimum atomic E-state index is 0.432. The summed E-state index contributed by atoms with van der Waals surface area (Å²) >= 11 is 0. The van der Waals surface area contributed by atoms with Crippen molar-refractivity contribution >= 4 is 0 Å². The molecule has 122 valence electrons. The molecular formula is C21H28N2. The molecule has 3 atom stereocenters. The zero-order valence-electron chi connectivity index (χ0n) is 14.8. The number of benzene rings is 1. The molecule has 3 unspecified atom stereocenters. The summed E-state index contributed by atoms with van der Waals surface area (Å²) in [5.74, 6) is 2.87. The molecule has 1 aromatic carbocycles. The Morgan fingerprint density at radius 3 is 2.43 bits per heavy atom. The standard InChI is InChI=1S/C21H28N2/c1-5-16-10-15(4)19(11-16)17-6-8-18(9-7-17)21-12-20(14(2)3)22-13-23-21/h6-9,12-16,19H,5,10-11H2,1-4H3. The summed E-state index contributed by atoms with van der Waals surface area (Å²) in [4.78, 5) is 8.81. The van der Waals surface area contributed by atoms with E-state index >= 15 is 0 Å². The van der Waals surface area contributed by atoms with Gasteiger partial charge in [-0.1, -0.05) is 58.4 Å². The molecule has 1 aliphatic rings. The molecule has 2 nitrogen and oxygen atoms in total. The molecule has 0 bridgehead atoms. The number of rotatable bonds is 4. The molecule has 0 saturated heterocycles. The Morgan fingerprint density at radius 1 is 1.09 bits per heavy atom. The highest BCUT2D eigenvalue weighted by Gasteiger charge is 2.31. The van der Waals surface area contributed by atoms with E-state index < -0.39 is 0 Å². The first-order valence-electron chi connectivity index (χ1n) is 9.00. The van der Waals surface area contributed by atoms with Crippen molar-refractivity contribution in [3.63, 3.8) is 0 Å². The fraction of sp³-hybridized carbons (Fsp3) is 0.524. The smallest absolute Gasteiger partial charge is 0.116 e. The van der Waals surface area contributed by atoms with Gasteiger partial charge in [0, 0.05) is 11.3 Å². The number of aromatic nitrogens is 2. The Kier molecular flexibility index (Phi) is 4.79. The van der Waals surface area contributed by atoms with Crippen molar-refractivity contribution in [2.75, 3.05) is 0 Å². The average Bonchev–Trinajstić information content (AvgIpc) is 2.96. The van der Waals surface area contributed by atoms with E-state index in [1.165, 1.54) is 30.4 Å². The largest absolute Gasteiger partial charge is 0.241 e. The number of hydrogen-bond donors (Lipinski definition) is 0. The molecule has 0 aliphatic heterocycles. The summed E-state index contributed by atoms with van der Waals surface area (Å²) in [6, 6.07) is 11.2. The van der Waals surface area contributed by atoms with Gasteiger partial charge in [0.05, 0.1) is 5.69 Å². The SMILES string of the molecule is CCC1CC(C)C(c2ccc(-c3cc(C(C)C)ncn3)cc2)C1. The fourth-order valence-electron chi connectivity index (χ4n) is 3.92. The van der Waals surface area contributed by atoms with Crippen molar-refractivity contribution in [2.24, 2.45) is 11.8 Å². The van der Waals surface area contributed by atoms with Crippen LogP contribution < -0.4 is 0 Å². The second kappa shape index (κ2) is 6.82.